The number of rotatable bonds is 7. The minimum Gasteiger partial charge on any atom is -0.467 e. The lowest BCUT2D eigenvalue weighted by Gasteiger charge is -2.09. The van der Waals surface area contributed by atoms with Crippen molar-refractivity contribution in [1.82, 2.24) is 10.6 Å². The second-order valence-electron chi connectivity index (χ2n) is 5.99. The normalized spacial score (nSPS) is 10.5. The average Bonchev–Trinajstić information content (AvgIpc) is 3.24. The molecule has 7 heteroatoms. The summed E-state index contributed by atoms with van der Waals surface area (Å²) in [5.74, 6) is 0.218. The van der Waals surface area contributed by atoms with Crippen LogP contribution in [0.25, 0.3) is 0 Å². The zero-order valence-electron chi connectivity index (χ0n) is 15.2. The first-order valence-electron chi connectivity index (χ1n) is 8.58. The molecule has 0 aliphatic carbocycles. The van der Waals surface area contributed by atoms with Crippen LogP contribution in [0.1, 0.15) is 32.0 Å². The van der Waals surface area contributed by atoms with E-state index < -0.39 is 0 Å². The molecule has 2 amide bonds. The fourth-order valence-electron chi connectivity index (χ4n) is 2.59. The molecular formula is C21H19ClN2O3S. The van der Waals surface area contributed by atoms with Crippen molar-refractivity contribution in [1.29, 1.82) is 0 Å². The molecular weight excluding hydrogens is 396 g/mol. The van der Waals surface area contributed by atoms with Gasteiger partial charge in [-0.3, -0.25) is 9.59 Å². The van der Waals surface area contributed by atoms with E-state index in [1.807, 2.05) is 18.4 Å². The van der Waals surface area contributed by atoms with Crippen molar-refractivity contribution in [2.24, 2.45) is 0 Å². The molecule has 2 N–H and O–H groups in total. The van der Waals surface area contributed by atoms with Crippen LogP contribution in [0.2, 0.25) is 5.02 Å². The number of halogens is 1. The highest BCUT2D eigenvalue weighted by Gasteiger charge is 2.12. The predicted octanol–water partition coefficient (Wildman–Crippen LogP) is 4.51. The van der Waals surface area contributed by atoms with Crippen LogP contribution in [0.15, 0.2) is 70.2 Å². The van der Waals surface area contributed by atoms with Crippen LogP contribution in [0.4, 0.5) is 0 Å². The smallest absolute Gasteiger partial charge is 0.253 e. The van der Waals surface area contributed by atoms with Gasteiger partial charge in [-0.2, -0.15) is 0 Å². The molecule has 144 valence electrons. The van der Waals surface area contributed by atoms with Gasteiger partial charge in [-0.1, -0.05) is 23.7 Å². The Balaban J connectivity index is 1.61. The molecule has 0 aliphatic heterocycles. The Hall–Kier alpha value is -2.70. The van der Waals surface area contributed by atoms with Gasteiger partial charge in [0.1, 0.15) is 5.76 Å². The molecule has 0 bridgehead atoms. The van der Waals surface area contributed by atoms with E-state index in [1.54, 1.807) is 60.5 Å². The first kappa shape index (κ1) is 20.0. The lowest BCUT2D eigenvalue weighted by atomic mass is 10.1. The van der Waals surface area contributed by atoms with E-state index in [9.17, 15) is 9.59 Å². The van der Waals surface area contributed by atoms with Crippen molar-refractivity contribution in [3.8, 4) is 0 Å². The zero-order valence-corrected chi connectivity index (χ0v) is 16.8. The maximum absolute atomic E-state index is 12.5. The van der Waals surface area contributed by atoms with Crippen molar-refractivity contribution in [2.45, 2.75) is 18.0 Å². The molecule has 0 atom stereocenters. The van der Waals surface area contributed by atoms with E-state index in [4.69, 9.17) is 16.0 Å². The summed E-state index contributed by atoms with van der Waals surface area (Å²) < 4.78 is 5.20. The molecule has 1 aromatic heterocycles. The average molecular weight is 415 g/mol. The first-order chi connectivity index (χ1) is 13.6. The number of hydrogen-bond acceptors (Lipinski definition) is 4. The van der Waals surface area contributed by atoms with Crippen molar-refractivity contribution in [3.05, 3.63) is 88.3 Å². The topological polar surface area (TPSA) is 71.3 Å². The summed E-state index contributed by atoms with van der Waals surface area (Å²) in [6, 6.07) is 16.0. The van der Waals surface area contributed by atoms with Crippen LogP contribution in [-0.4, -0.2) is 18.1 Å². The maximum atomic E-state index is 12.5. The number of benzene rings is 2. The van der Waals surface area contributed by atoms with Crippen molar-refractivity contribution < 1.29 is 14.0 Å². The van der Waals surface area contributed by atoms with Crippen LogP contribution < -0.4 is 10.6 Å². The van der Waals surface area contributed by atoms with Crippen LogP contribution in [0.3, 0.4) is 0 Å². The lowest BCUT2D eigenvalue weighted by Crippen LogP contribution is -2.24. The van der Waals surface area contributed by atoms with Gasteiger partial charge in [0.2, 0.25) is 0 Å². The molecule has 0 saturated carbocycles. The van der Waals surface area contributed by atoms with E-state index in [-0.39, 0.29) is 18.4 Å². The van der Waals surface area contributed by atoms with Crippen LogP contribution in [0.5, 0.6) is 0 Å². The summed E-state index contributed by atoms with van der Waals surface area (Å²) in [5, 5.41) is 6.05. The van der Waals surface area contributed by atoms with Gasteiger partial charge in [-0.25, -0.2) is 0 Å². The molecule has 28 heavy (non-hydrogen) atoms. The number of nitrogens with one attached hydrogen (secondary N) is 2. The number of furan rings is 1. The molecule has 2 aromatic carbocycles. The van der Waals surface area contributed by atoms with Gasteiger partial charge >= 0.3 is 0 Å². The Morgan fingerprint density at radius 2 is 1.82 bits per heavy atom. The van der Waals surface area contributed by atoms with Gasteiger partial charge < -0.3 is 15.1 Å². The Labute approximate surface area is 172 Å². The summed E-state index contributed by atoms with van der Waals surface area (Å²) in [5.41, 5.74) is 1.76. The first-order valence-corrected chi connectivity index (χ1v) is 10.2. The number of hydrogen-bond donors (Lipinski definition) is 2. The number of carbonyl (C=O) groups is 2. The van der Waals surface area contributed by atoms with Crippen LogP contribution >= 0.6 is 23.4 Å². The van der Waals surface area contributed by atoms with Gasteiger partial charge in [0.15, 0.2) is 0 Å². The van der Waals surface area contributed by atoms with E-state index >= 15 is 0 Å². The second-order valence-corrected chi connectivity index (χ2v) is 7.28. The molecule has 0 radical (unpaired) electrons. The minimum atomic E-state index is -0.256. The molecule has 0 unspecified atom stereocenters. The van der Waals surface area contributed by atoms with Crippen molar-refractivity contribution >= 4 is 35.2 Å². The second kappa shape index (κ2) is 9.48. The highest BCUT2D eigenvalue weighted by Crippen LogP contribution is 2.23. The molecule has 0 spiro atoms. The van der Waals surface area contributed by atoms with Gasteiger partial charge in [-0.05, 0) is 54.3 Å². The van der Waals surface area contributed by atoms with Gasteiger partial charge in [0.25, 0.3) is 11.8 Å². The fourth-order valence-corrected chi connectivity index (χ4v) is 3.23. The Morgan fingerprint density at radius 3 is 2.57 bits per heavy atom. The molecule has 0 fully saturated rings. The minimum absolute atomic E-state index is 0.208. The quantitative estimate of drug-likeness (QED) is 0.558. The van der Waals surface area contributed by atoms with E-state index in [0.29, 0.717) is 28.5 Å². The summed E-state index contributed by atoms with van der Waals surface area (Å²) >= 11 is 7.69. The third-order valence-electron chi connectivity index (χ3n) is 4.06. The summed E-state index contributed by atoms with van der Waals surface area (Å²) in [4.78, 5) is 25.7. The molecule has 3 aromatic rings. The van der Waals surface area contributed by atoms with Crippen molar-refractivity contribution in [2.75, 3.05) is 6.26 Å². The predicted molar refractivity (Wildman–Crippen MR) is 111 cm³/mol. The van der Waals surface area contributed by atoms with E-state index in [1.165, 1.54) is 0 Å². The van der Waals surface area contributed by atoms with E-state index in [2.05, 4.69) is 10.6 Å². The molecule has 3 rings (SSSR count). The summed E-state index contributed by atoms with van der Waals surface area (Å²) in [6.07, 6.45) is 3.50. The third-order valence-corrected chi connectivity index (χ3v) is 5.12. The van der Waals surface area contributed by atoms with Gasteiger partial charge in [0, 0.05) is 17.0 Å². The highest BCUT2D eigenvalue weighted by molar-refractivity contribution is 7.98. The van der Waals surface area contributed by atoms with Gasteiger partial charge in [0.05, 0.1) is 23.4 Å². The Morgan fingerprint density at radius 1 is 1.00 bits per heavy atom. The number of amides is 2. The molecule has 0 saturated heterocycles. The highest BCUT2D eigenvalue weighted by atomic mass is 35.5. The lowest BCUT2D eigenvalue weighted by molar-refractivity contribution is 0.0943. The SMILES string of the molecule is CSc1ccc(Cl)c(C(=O)NCc2cccc(C(=O)NCc3ccco3)c2)c1. The largest absolute Gasteiger partial charge is 0.467 e. The van der Waals surface area contributed by atoms with Gasteiger partial charge in [-0.15, -0.1) is 11.8 Å². The molecule has 1 heterocycles. The van der Waals surface area contributed by atoms with Crippen LogP contribution in [0, 0.1) is 0 Å². The zero-order chi connectivity index (χ0) is 19.9. The summed E-state index contributed by atoms with van der Waals surface area (Å²) in [7, 11) is 0. The molecule has 0 aliphatic rings. The molecule has 5 nitrogen and oxygen atoms in total. The Bertz CT molecular complexity index is 974. The van der Waals surface area contributed by atoms with E-state index in [0.717, 1.165) is 10.5 Å². The number of thioether (sulfide) groups is 1. The third kappa shape index (κ3) is 5.18. The Kier molecular flexibility index (Phi) is 6.79. The standard InChI is InChI=1S/C21H19ClN2O3S/c1-28-17-7-8-19(22)18(11-17)21(26)23-12-14-4-2-5-15(10-14)20(25)24-13-16-6-3-9-27-16/h2-11H,12-13H2,1H3,(H,23,26)(H,24,25). The maximum Gasteiger partial charge on any atom is 0.253 e. The number of carbonyl (C=O) groups excluding carboxylic acids is 2. The summed E-state index contributed by atoms with van der Waals surface area (Å²) in [6.45, 7) is 0.606. The monoisotopic (exact) mass is 414 g/mol. The van der Waals surface area contributed by atoms with Crippen LogP contribution in [-0.2, 0) is 13.1 Å². The fraction of sp³-hybridized carbons (Fsp3) is 0.143. The van der Waals surface area contributed by atoms with Crippen molar-refractivity contribution in [3.63, 3.8) is 0 Å².